The van der Waals surface area contributed by atoms with Crippen molar-refractivity contribution >= 4 is 22.3 Å². The Morgan fingerprint density at radius 3 is 2.89 bits per heavy atom. The number of benzene rings is 1. The van der Waals surface area contributed by atoms with Gasteiger partial charge in [-0.3, -0.25) is 4.98 Å². The van der Waals surface area contributed by atoms with Crippen LogP contribution in [-0.2, 0) is 52.8 Å². The van der Waals surface area contributed by atoms with Crippen LogP contribution >= 0.6 is 0 Å². The molecule has 0 saturated heterocycles. The summed E-state index contributed by atoms with van der Waals surface area (Å²) in [5.74, 6) is 0.541. The molecule has 0 spiro atoms. The molecule has 9 heteroatoms. The van der Waals surface area contributed by atoms with E-state index in [9.17, 15) is 0 Å². The van der Waals surface area contributed by atoms with Gasteiger partial charge in [-0.2, -0.15) is 5.10 Å². The number of aromatic nitrogens is 7. The molecule has 4 aromatic rings. The number of fused-ring (bicyclic) bond motifs is 6. The molecule has 1 aromatic carbocycles. The Kier molecular flexibility index (Phi) is 5.20. The van der Waals surface area contributed by atoms with E-state index < -0.39 is 0 Å². The van der Waals surface area contributed by atoms with Crippen LogP contribution in [-0.4, -0.2) is 34.6 Å². The third kappa shape index (κ3) is 2.23. The maximum atomic E-state index is 4.19. The van der Waals surface area contributed by atoms with Crippen molar-refractivity contribution < 1.29 is 52.8 Å². The van der Waals surface area contributed by atoms with Crippen LogP contribution in [0.15, 0.2) is 24.5 Å². The molecule has 0 aliphatic rings. The minimum Gasteiger partial charge on any atom is -0.358 e. The fourth-order valence-corrected chi connectivity index (χ4v) is 1.81. The van der Waals surface area contributed by atoms with Crippen molar-refractivity contribution in [3.8, 4) is 0 Å². The Hall–Kier alpha value is -0.817. The first kappa shape index (κ1) is 16.2. The maximum Gasteiger partial charge on any atom is 0.259 e. The molecule has 0 bridgehead atoms. The number of rotatable bonds is 0. The Balaban J connectivity index is 0.000000602. The smallest absolute Gasteiger partial charge is 0.259 e. The summed E-state index contributed by atoms with van der Waals surface area (Å²) in [6.45, 7) is 0. The van der Waals surface area contributed by atoms with Gasteiger partial charge in [-0.15, -0.1) is 24.3 Å². The van der Waals surface area contributed by atoms with Crippen LogP contribution in [0.3, 0.4) is 0 Å². The third-order valence-corrected chi connectivity index (χ3v) is 2.48. The maximum absolute atomic E-state index is 4.19. The van der Waals surface area contributed by atoms with E-state index in [0.717, 1.165) is 10.9 Å². The van der Waals surface area contributed by atoms with Gasteiger partial charge in [-0.25, -0.2) is 9.03 Å². The topological polar surface area (TPSA) is 73.3 Å². The van der Waals surface area contributed by atoms with E-state index in [1.54, 1.807) is 9.03 Å². The Bertz CT molecular complexity index is 755. The summed E-state index contributed by atoms with van der Waals surface area (Å²) in [6, 6.07) is 8.75. The second kappa shape index (κ2) is 6.09. The van der Waals surface area contributed by atoms with E-state index in [0.29, 0.717) is 11.4 Å². The van der Waals surface area contributed by atoms with Gasteiger partial charge < -0.3 is 7.43 Å². The molecule has 0 unspecified atom stereocenters. The number of hydrogen-bond donors (Lipinski definition) is 0. The zero-order valence-corrected chi connectivity index (χ0v) is 15.1. The van der Waals surface area contributed by atoms with Gasteiger partial charge >= 0.3 is 0 Å². The summed E-state index contributed by atoms with van der Waals surface area (Å²) in [7, 11) is 0. The molecule has 3 aromatic heterocycles. The van der Waals surface area contributed by atoms with Gasteiger partial charge in [-0.1, -0.05) is 10.5 Å². The SMILES string of the molecule is [CH3-].[Ir].[Y].[c-]1cccc2c1c1ncnn1c1nnnn21. The van der Waals surface area contributed by atoms with Crippen LogP contribution in [0.5, 0.6) is 0 Å². The molecule has 0 N–H and O–H groups in total. The average molecular weight is 506 g/mol. The number of nitrogens with zero attached hydrogens (tertiary/aromatic N) is 7. The molecule has 19 heavy (non-hydrogen) atoms. The molecular weight excluding hydrogens is 499 g/mol. The summed E-state index contributed by atoms with van der Waals surface area (Å²) < 4.78 is 3.21. The van der Waals surface area contributed by atoms with Crippen molar-refractivity contribution in [2.75, 3.05) is 0 Å². The van der Waals surface area contributed by atoms with Crippen LogP contribution in [0, 0.1) is 13.5 Å². The molecule has 3 heterocycles. The van der Waals surface area contributed by atoms with Gasteiger partial charge in [0.25, 0.3) is 5.78 Å². The van der Waals surface area contributed by atoms with Crippen LogP contribution in [0.1, 0.15) is 0 Å². The van der Waals surface area contributed by atoms with Gasteiger partial charge in [-0.05, 0) is 15.9 Å². The first-order chi connectivity index (χ1) is 7.95. The van der Waals surface area contributed by atoms with Crippen molar-refractivity contribution in [2.24, 2.45) is 0 Å². The molecule has 0 amide bonds. The Morgan fingerprint density at radius 1 is 1.21 bits per heavy atom. The molecule has 96 valence electrons. The fourth-order valence-electron chi connectivity index (χ4n) is 1.81. The third-order valence-electron chi connectivity index (χ3n) is 2.48. The number of tetrazole rings is 1. The molecule has 0 fully saturated rings. The second-order valence-corrected chi connectivity index (χ2v) is 3.32. The Morgan fingerprint density at radius 2 is 2.05 bits per heavy atom. The summed E-state index contributed by atoms with van der Waals surface area (Å²) in [6.07, 6.45) is 1.48. The van der Waals surface area contributed by atoms with E-state index >= 15 is 0 Å². The molecule has 0 aliphatic heterocycles. The minimum atomic E-state index is 0. The average Bonchev–Trinajstić information content (AvgIpc) is 2.98. The molecular formula is C10H7IrN7Y-2. The predicted molar refractivity (Wildman–Crippen MR) is 60.1 cm³/mol. The number of hydrogen-bond acceptors (Lipinski definition) is 5. The van der Waals surface area contributed by atoms with E-state index in [1.807, 2.05) is 18.2 Å². The van der Waals surface area contributed by atoms with E-state index in [2.05, 4.69) is 31.7 Å². The van der Waals surface area contributed by atoms with Crippen molar-refractivity contribution in [1.82, 2.24) is 34.6 Å². The molecule has 2 radical (unpaired) electrons. The Labute approximate surface area is 147 Å². The normalized spacial score (nSPS) is 9.89. The molecule has 0 saturated carbocycles. The van der Waals surface area contributed by atoms with Gasteiger partial charge in [0.2, 0.25) is 0 Å². The van der Waals surface area contributed by atoms with E-state index in [4.69, 9.17) is 0 Å². The molecule has 4 rings (SSSR count). The zero-order chi connectivity index (χ0) is 10.5. The van der Waals surface area contributed by atoms with E-state index in [1.165, 1.54) is 6.33 Å². The summed E-state index contributed by atoms with van der Waals surface area (Å²) >= 11 is 0. The van der Waals surface area contributed by atoms with Gasteiger partial charge in [0.15, 0.2) is 0 Å². The van der Waals surface area contributed by atoms with Crippen LogP contribution in [0.25, 0.3) is 22.3 Å². The molecule has 0 atom stereocenters. The summed E-state index contributed by atoms with van der Waals surface area (Å²) in [5.41, 5.74) is 1.57. The summed E-state index contributed by atoms with van der Waals surface area (Å²) in [5, 5.41) is 16.4. The van der Waals surface area contributed by atoms with Crippen LogP contribution in [0.4, 0.5) is 0 Å². The minimum absolute atomic E-state index is 0. The summed E-state index contributed by atoms with van der Waals surface area (Å²) in [4.78, 5) is 4.19. The standard InChI is InChI=1S/C9H4N7.CH3.Ir.Y/c1-2-4-7-6(3-1)8-10-5-11-16(8)9-12-13-14-15(7)9;;;/h1-2,4-5H;1H3;;/q2*-1;;. The first-order valence-electron chi connectivity index (χ1n) is 4.65. The van der Waals surface area contributed by atoms with Gasteiger partial charge in [0, 0.05) is 52.8 Å². The fraction of sp³-hybridized carbons (Fsp3) is 0. The van der Waals surface area contributed by atoms with Gasteiger partial charge in [0.05, 0.1) is 5.65 Å². The second-order valence-electron chi connectivity index (χ2n) is 3.32. The first-order valence-corrected chi connectivity index (χ1v) is 4.65. The van der Waals surface area contributed by atoms with Gasteiger partial charge in [0.1, 0.15) is 6.33 Å². The predicted octanol–water partition coefficient (Wildman–Crippen LogP) is 0.566. The van der Waals surface area contributed by atoms with E-state index in [-0.39, 0.29) is 60.2 Å². The van der Waals surface area contributed by atoms with Crippen molar-refractivity contribution in [2.45, 2.75) is 0 Å². The van der Waals surface area contributed by atoms with Crippen molar-refractivity contribution in [1.29, 1.82) is 0 Å². The van der Waals surface area contributed by atoms with Crippen LogP contribution < -0.4 is 0 Å². The van der Waals surface area contributed by atoms with Crippen molar-refractivity contribution in [3.05, 3.63) is 38.0 Å². The molecule has 0 aliphatic carbocycles. The zero-order valence-electron chi connectivity index (χ0n) is 9.85. The molecule has 7 nitrogen and oxygen atoms in total. The quantitative estimate of drug-likeness (QED) is 0.326. The largest absolute Gasteiger partial charge is 0.358 e. The van der Waals surface area contributed by atoms with Crippen molar-refractivity contribution in [3.63, 3.8) is 0 Å². The monoisotopic (exact) mass is 507 g/mol. The van der Waals surface area contributed by atoms with Crippen LogP contribution in [0.2, 0.25) is 0 Å².